The van der Waals surface area contributed by atoms with E-state index in [-0.39, 0.29) is 12.2 Å². The number of hydrogen-bond donors (Lipinski definition) is 0. The lowest BCUT2D eigenvalue weighted by Gasteiger charge is -2.36. The highest BCUT2D eigenvalue weighted by Crippen LogP contribution is 2.33. The standard InChI is InChI=1S/C16H19BrN2O2/c1-10-8-19(9-11(2)21-10)16-6-14(15(17)7-18-16)13-4-5-20-12(13)3/h4-7,10-11H,8-9H2,1-3H3. The molecule has 112 valence electrons. The second-order valence-corrected chi connectivity index (χ2v) is 6.43. The normalized spacial score (nSPS) is 22.6. The summed E-state index contributed by atoms with van der Waals surface area (Å²) in [5.41, 5.74) is 2.21. The van der Waals surface area contributed by atoms with Crippen molar-refractivity contribution in [3.8, 4) is 11.1 Å². The SMILES string of the molecule is Cc1occc1-c1cc(N2CC(C)OC(C)C2)ncc1Br. The van der Waals surface area contributed by atoms with Gasteiger partial charge in [-0.05, 0) is 48.8 Å². The summed E-state index contributed by atoms with van der Waals surface area (Å²) in [7, 11) is 0. The Morgan fingerprint density at radius 1 is 1.24 bits per heavy atom. The molecule has 3 heterocycles. The van der Waals surface area contributed by atoms with Crippen molar-refractivity contribution in [2.75, 3.05) is 18.0 Å². The Morgan fingerprint density at radius 3 is 2.57 bits per heavy atom. The van der Waals surface area contributed by atoms with Gasteiger partial charge in [0.2, 0.25) is 0 Å². The zero-order chi connectivity index (χ0) is 15.0. The van der Waals surface area contributed by atoms with E-state index < -0.39 is 0 Å². The molecule has 0 aliphatic carbocycles. The van der Waals surface area contributed by atoms with Gasteiger partial charge < -0.3 is 14.1 Å². The molecule has 0 amide bonds. The zero-order valence-corrected chi connectivity index (χ0v) is 14.1. The van der Waals surface area contributed by atoms with Crippen molar-refractivity contribution < 1.29 is 9.15 Å². The highest BCUT2D eigenvalue weighted by atomic mass is 79.9. The van der Waals surface area contributed by atoms with Crippen molar-refractivity contribution in [1.82, 2.24) is 4.98 Å². The van der Waals surface area contributed by atoms with Crippen LogP contribution in [0.2, 0.25) is 0 Å². The van der Waals surface area contributed by atoms with E-state index in [9.17, 15) is 0 Å². The number of furan rings is 1. The Morgan fingerprint density at radius 2 is 1.95 bits per heavy atom. The van der Waals surface area contributed by atoms with Crippen molar-refractivity contribution >= 4 is 21.7 Å². The molecule has 21 heavy (non-hydrogen) atoms. The average Bonchev–Trinajstić information content (AvgIpc) is 2.84. The van der Waals surface area contributed by atoms with Crippen LogP contribution in [0.15, 0.2) is 33.5 Å². The molecule has 0 saturated carbocycles. The minimum absolute atomic E-state index is 0.221. The quantitative estimate of drug-likeness (QED) is 0.819. The minimum Gasteiger partial charge on any atom is -0.469 e. The van der Waals surface area contributed by atoms with Crippen molar-refractivity contribution in [2.24, 2.45) is 0 Å². The molecule has 0 spiro atoms. The van der Waals surface area contributed by atoms with Crippen molar-refractivity contribution in [2.45, 2.75) is 33.0 Å². The number of nitrogens with zero attached hydrogens (tertiary/aromatic N) is 2. The molecule has 0 bridgehead atoms. The molecule has 2 aromatic rings. The molecule has 1 fully saturated rings. The maximum atomic E-state index is 5.79. The lowest BCUT2D eigenvalue weighted by molar-refractivity contribution is -0.00545. The molecule has 0 aromatic carbocycles. The average molecular weight is 351 g/mol. The van der Waals surface area contributed by atoms with Gasteiger partial charge in [-0.3, -0.25) is 0 Å². The lowest BCUT2D eigenvalue weighted by atomic mass is 10.1. The largest absolute Gasteiger partial charge is 0.469 e. The number of rotatable bonds is 2. The first-order chi connectivity index (χ1) is 10.0. The fraction of sp³-hybridized carbons (Fsp3) is 0.438. The molecule has 4 nitrogen and oxygen atoms in total. The molecule has 2 unspecified atom stereocenters. The van der Waals surface area contributed by atoms with Crippen LogP contribution in [0.3, 0.4) is 0 Å². The topological polar surface area (TPSA) is 38.5 Å². The van der Waals surface area contributed by atoms with Crippen LogP contribution >= 0.6 is 15.9 Å². The highest BCUT2D eigenvalue weighted by molar-refractivity contribution is 9.10. The first-order valence-electron chi connectivity index (χ1n) is 7.15. The number of hydrogen-bond acceptors (Lipinski definition) is 4. The van der Waals surface area contributed by atoms with E-state index in [0.717, 1.165) is 40.3 Å². The number of ether oxygens (including phenoxy) is 1. The molecule has 1 aliphatic rings. The number of halogens is 1. The number of anilines is 1. The fourth-order valence-corrected chi connectivity index (χ4v) is 3.27. The van der Waals surface area contributed by atoms with Crippen LogP contribution in [0.4, 0.5) is 5.82 Å². The van der Waals surface area contributed by atoms with E-state index in [4.69, 9.17) is 9.15 Å². The van der Waals surface area contributed by atoms with E-state index >= 15 is 0 Å². The van der Waals surface area contributed by atoms with Gasteiger partial charge in [0.25, 0.3) is 0 Å². The van der Waals surface area contributed by atoms with Crippen molar-refractivity contribution in [3.05, 3.63) is 34.8 Å². The van der Waals surface area contributed by atoms with Crippen LogP contribution in [0, 0.1) is 6.92 Å². The molecule has 1 saturated heterocycles. The third-order valence-electron chi connectivity index (χ3n) is 3.73. The van der Waals surface area contributed by atoms with Gasteiger partial charge in [-0.2, -0.15) is 0 Å². The van der Waals surface area contributed by atoms with Crippen LogP contribution in [0.25, 0.3) is 11.1 Å². The molecule has 2 aromatic heterocycles. The maximum absolute atomic E-state index is 5.79. The third kappa shape index (κ3) is 2.99. The summed E-state index contributed by atoms with van der Waals surface area (Å²) in [6.07, 6.45) is 4.02. The van der Waals surface area contributed by atoms with Gasteiger partial charge in [0, 0.05) is 34.9 Å². The Balaban J connectivity index is 1.96. The van der Waals surface area contributed by atoms with Gasteiger partial charge in [0.15, 0.2) is 0 Å². The van der Waals surface area contributed by atoms with Gasteiger partial charge >= 0.3 is 0 Å². The summed E-state index contributed by atoms with van der Waals surface area (Å²) < 4.78 is 12.2. The fourth-order valence-electron chi connectivity index (χ4n) is 2.84. The van der Waals surface area contributed by atoms with Gasteiger partial charge in [-0.25, -0.2) is 4.98 Å². The number of morpholine rings is 1. The van der Waals surface area contributed by atoms with Gasteiger partial charge in [0.1, 0.15) is 11.6 Å². The summed E-state index contributed by atoms with van der Waals surface area (Å²) in [6, 6.07) is 4.11. The third-order valence-corrected chi connectivity index (χ3v) is 4.37. The summed E-state index contributed by atoms with van der Waals surface area (Å²) >= 11 is 3.59. The molecule has 5 heteroatoms. The molecule has 1 aliphatic heterocycles. The molecule has 0 N–H and O–H groups in total. The zero-order valence-electron chi connectivity index (χ0n) is 12.5. The summed E-state index contributed by atoms with van der Waals surface area (Å²) in [5, 5.41) is 0. The van der Waals surface area contributed by atoms with Crippen LogP contribution in [0.5, 0.6) is 0 Å². The second-order valence-electron chi connectivity index (χ2n) is 5.58. The van der Waals surface area contributed by atoms with E-state index in [1.54, 1.807) is 6.26 Å². The molecule has 2 atom stereocenters. The number of aryl methyl sites for hydroxylation is 1. The monoisotopic (exact) mass is 350 g/mol. The van der Waals surface area contributed by atoms with Gasteiger partial charge in [0.05, 0.1) is 18.5 Å². The first-order valence-corrected chi connectivity index (χ1v) is 7.94. The first kappa shape index (κ1) is 14.6. The molecule has 0 radical (unpaired) electrons. The number of aromatic nitrogens is 1. The Hall–Kier alpha value is -1.33. The number of pyridine rings is 1. The second kappa shape index (κ2) is 5.81. The van der Waals surface area contributed by atoms with Crippen LogP contribution in [-0.2, 0) is 4.74 Å². The van der Waals surface area contributed by atoms with E-state index in [0.29, 0.717) is 0 Å². The smallest absolute Gasteiger partial charge is 0.129 e. The highest BCUT2D eigenvalue weighted by Gasteiger charge is 2.24. The Labute approximate surface area is 133 Å². The Bertz CT molecular complexity index is 631. The maximum Gasteiger partial charge on any atom is 0.129 e. The lowest BCUT2D eigenvalue weighted by Crippen LogP contribution is -2.45. The molecular formula is C16H19BrN2O2. The summed E-state index contributed by atoms with van der Waals surface area (Å²) in [5.74, 6) is 1.90. The predicted octanol–water partition coefficient (Wildman–Crippen LogP) is 4.03. The van der Waals surface area contributed by atoms with Gasteiger partial charge in [-0.15, -0.1) is 0 Å². The van der Waals surface area contributed by atoms with Gasteiger partial charge in [-0.1, -0.05) is 0 Å². The molecular weight excluding hydrogens is 332 g/mol. The van der Waals surface area contributed by atoms with E-state index in [1.165, 1.54) is 0 Å². The van der Waals surface area contributed by atoms with E-state index in [2.05, 4.69) is 45.7 Å². The predicted molar refractivity (Wildman–Crippen MR) is 86.6 cm³/mol. The van der Waals surface area contributed by atoms with Crippen LogP contribution in [-0.4, -0.2) is 30.3 Å². The van der Waals surface area contributed by atoms with E-state index in [1.807, 2.05) is 19.2 Å². The molecule has 3 rings (SSSR count). The summed E-state index contributed by atoms with van der Waals surface area (Å²) in [6.45, 7) is 7.90. The summed E-state index contributed by atoms with van der Waals surface area (Å²) in [4.78, 5) is 6.85. The minimum atomic E-state index is 0.221. The van der Waals surface area contributed by atoms with Crippen molar-refractivity contribution in [3.63, 3.8) is 0 Å². The van der Waals surface area contributed by atoms with Crippen molar-refractivity contribution in [1.29, 1.82) is 0 Å². The van der Waals surface area contributed by atoms with Crippen LogP contribution in [0.1, 0.15) is 19.6 Å². The Kier molecular flexibility index (Phi) is 4.04. The van der Waals surface area contributed by atoms with Crippen LogP contribution < -0.4 is 4.90 Å².